The van der Waals surface area contributed by atoms with E-state index >= 15 is 0 Å². The minimum Gasteiger partial charge on any atom is -0.274 e. The summed E-state index contributed by atoms with van der Waals surface area (Å²) < 4.78 is 1.72. The van der Waals surface area contributed by atoms with E-state index in [9.17, 15) is 19.2 Å². The highest BCUT2D eigenvalue weighted by atomic mass is 79.9. The van der Waals surface area contributed by atoms with Crippen molar-refractivity contribution in [2.24, 2.45) is 41.4 Å². The third kappa shape index (κ3) is 3.54. The maximum atomic E-state index is 14.2. The van der Waals surface area contributed by atoms with Gasteiger partial charge >= 0.3 is 0 Å². The van der Waals surface area contributed by atoms with E-state index in [0.29, 0.717) is 17.8 Å². The Morgan fingerprint density at radius 1 is 0.571 bits per heavy atom. The highest BCUT2D eigenvalue weighted by Crippen LogP contribution is 2.63. The molecule has 6 nitrogen and oxygen atoms in total. The van der Waals surface area contributed by atoms with Gasteiger partial charge in [-0.05, 0) is 72.0 Å². The van der Waals surface area contributed by atoms with Crippen molar-refractivity contribution in [3.8, 4) is 0 Å². The van der Waals surface area contributed by atoms with Crippen LogP contribution in [0.4, 0.5) is 11.4 Å². The summed E-state index contributed by atoms with van der Waals surface area (Å²) in [5.74, 6) is -4.10. The van der Waals surface area contributed by atoms with Gasteiger partial charge in [-0.2, -0.15) is 0 Å². The normalized spacial score (nSPS) is 31.1. The molecule has 3 fully saturated rings. The molecule has 0 unspecified atom stereocenters. The summed E-state index contributed by atoms with van der Waals surface area (Å²) in [4.78, 5) is 59.1. The van der Waals surface area contributed by atoms with Gasteiger partial charge in [-0.15, -0.1) is 0 Å². The lowest BCUT2D eigenvalue weighted by atomic mass is 9.49. The molecule has 0 N–H and O–H groups in total. The second-order valence-corrected chi connectivity index (χ2v) is 13.5. The first-order valence-corrected chi connectivity index (χ1v) is 15.7. The number of allylic oxidation sites excluding steroid dienone is 4. The van der Waals surface area contributed by atoms with Crippen LogP contribution in [0.2, 0.25) is 0 Å². The molecule has 2 heterocycles. The Balaban J connectivity index is 1.28. The van der Waals surface area contributed by atoms with Crippen LogP contribution >= 0.6 is 31.9 Å². The Bertz CT molecular complexity index is 1750. The van der Waals surface area contributed by atoms with Crippen LogP contribution in [0.1, 0.15) is 12.0 Å². The Morgan fingerprint density at radius 2 is 1.12 bits per heavy atom. The molecule has 8 heteroatoms. The number of carbonyl (C=O) groups excluding carboxylic acids is 4. The van der Waals surface area contributed by atoms with E-state index in [-0.39, 0.29) is 41.4 Å². The van der Waals surface area contributed by atoms with Gasteiger partial charge in [-0.25, -0.2) is 0 Å². The second kappa shape index (κ2) is 9.44. The molecule has 7 atom stereocenters. The van der Waals surface area contributed by atoms with Crippen molar-refractivity contribution in [2.75, 3.05) is 9.80 Å². The summed E-state index contributed by atoms with van der Waals surface area (Å²) in [6, 6.07) is 24.4. The quantitative estimate of drug-likeness (QED) is 0.236. The predicted octanol–water partition coefficient (Wildman–Crippen LogP) is 6.41. The highest BCUT2D eigenvalue weighted by molar-refractivity contribution is 9.10. The molecule has 3 aromatic rings. The zero-order chi connectivity index (χ0) is 28.9. The third-order valence-corrected chi connectivity index (χ3v) is 10.9. The van der Waals surface area contributed by atoms with Crippen molar-refractivity contribution in [3.05, 3.63) is 111 Å². The van der Waals surface area contributed by atoms with Gasteiger partial charge in [-0.1, -0.05) is 79.9 Å². The third-order valence-electron chi connectivity index (χ3n) is 9.80. The molecule has 208 valence electrons. The van der Waals surface area contributed by atoms with E-state index in [1.165, 1.54) is 9.80 Å². The van der Waals surface area contributed by atoms with Gasteiger partial charge in [0.05, 0.1) is 35.0 Å². The number of hydrogen-bond acceptors (Lipinski definition) is 4. The fourth-order valence-corrected chi connectivity index (χ4v) is 8.73. The van der Waals surface area contributed by atoms with Crippen LogP contribution in [0.3, 0.4) is 0 Å². The molecule has 3 aromatic carbocycles. The number of imide groups is 2. The first kappa shape index (κ1) is 26.0. The molecule has 0 radical (unpaired) electrons. The Kier molecular flexibility index (Phi) is 5.86. The molecule has 2 aliphatic heterocycles. The van der Waals surface area contributed by atoms with Crippen LogP contribution in [0.15, 0.2) is 106 Å². The van der Waals surface area contributed by atoms with Crippen molar-refractivity contribution in [1.29, 1.82) is 0 Å². The standard InChI is InChI=1S/C34H24Br2N2O4/c35-18-6-10-20(11-7-18)37-31(39)25-16-24(17-4-2-1-3-5-17)26-22-14-15-23(27(26)30(25)34(37)42)29-28(22)32(40)38(33(29)41)21-12-8-19(36)9-13-21/h1-15,22-23,25,27-30H,16H2/t22-,23-,25-,27-,28-,29+,30+/m1/s1. The van der Waals surface area contributed by atoms with Crippen molar-refractivity contribution in [3.63, 3.8) is 0 Å². The zero-order valence-corrected chi connectivity index (χ0v) is 25.4. The monoisotopic (exact) mass is 682 g/mol. The smallest absolute Gasteiger partial charge is 0.238 e. The largest absolute Gasteiger partial charge is 0.274 e. The number of nitrogens with zero attached hydrogens (tertiary/aromatic N) is 2. The summed E-state index contributed by atoms with van der Waals surface area (Å²) in [5, 5.41) is 0. The fourth-order valence-electron chi connectivity index (χ4n) is 8.21. The maximum Gasteiger partial charge on any atom is 0.238 e. The lowest BCUT2D eigenvalue weighted by Gasteiger charge is -2.51. The van der Waals surface area contributed by atoms with E-state index in [1.54, 1.807) is 24.3 Å². The van der Waals surface area contributed by atoms with Gasteiger partial charge in [0, 0.05) is 20.8 Å². The lowest BCUT2D eigenvalue weighted by Crippen LogP contribution is -2.51. The van der Waals surface area contributed by atoms with E-state index in [1.807, 2.05) is 60.7 Å². The summed E-state index contributed by atoms with van der Waals surface area (Å²) in [6.45, 7) is 0. The minimum atomic E-state index is -0.591. The van der Waals surface area contributed by atoms with Crippen molar-refractivity contribution in [1.82, 2.24) is 0 Å². The number of fused-ring (bicyclic) bond motifs is 1. The first-order chi connectivity index (χ1) is 20.3. The lowest BCUT2D eigenvalue weighted by molar-refractivity contribution is -0.129. The molecule has 1 saturated carbocycles. The number of halogens is 2. The van der Waals surface area contributed by atoms with E-state index in [4.69, 9.17) is 0 Å². The van der Waals surface area contributed by atoms with Crippen LogP contribution in [0.5, 0.6) is 0 Å². The van der Waals surface area contributed by atoms with Crippen LogP contribution in [-0.4, -0.2) is 23.6 Å². The van der Waals surface area contributed by atoms with Gasteiger partial charge in [0.1, 0.15) is 0 Å². The summed E-state index contributed by atoms with van der Waals surface area (Å²) >= 11 is 6.88. The average Bonchev–Trinajstić information content (AvgIpc) is 3.43. The van der Waals surface area contributed by atoms with Crippen LogP contribution in [0.25, 0.3) is 5.57 Å². The topological polar surface area (TPSA) is 74.8 Å². The van der Waals surface area contributed by atoms with Gasteiger partial charge in [0.25, 0.3) is 0 Å². The van der Waals surface area contributed by atoms with E-state index in [0.717, 1.165) is 25.7 Å². The van der Waals surface area contributed by atoms with Crippen LogP contribution in [0, 0.1) is 41.4 Å². The highest BCUT2D eigenvalue weighted by Gasteiger charge is 2.67. The minimum absolute atomic E-state index is 0.197. The maximum absolute atomic E-state index is 14.2. The van der Waals surface area contributed by atoms with Gasteiger partial charge in [0.2, 0.25) is 23.6 Å². The van der Waals surface area contributed by atoms with E-state index in [2.05, 4.69) is 37.9 Å². The number of amides is 4. The number of rotatable bonds is 3. The Morgan fingerprint density at radius 3 is 1.74 bits per heavy atom. The molecule has 2 bridgehead atoms. The second-order valence-electron chi connectivity index (χ2n) is 11.7. The molecular formula is C34H24Br2N2O4. The molecule has 4 amide bonds. The SMILES string of the molecule is O=C1[C@@H]2[C@H]3C(=C(c4ccccc4)C[C@H]2C(=O)N1c1ccc(Br)cc1)[C@H]1C=C[C@H]3[C@@H]2C(=O)N(c3ccc(Br)cc3)C(=O)[C@@H]21. The van der Waals surface area contributed by atoms with Crippen molar-refractivity contribution >= 4 is 72.4 Å². The number of benzene rings is 3. The molecule has 0 spiro atoms. The number of carbonyl (C=O) groups is 4. The fraction of sp³-hybridized carbons (Fsp3) is 0.235. The van der Waals surface area contributed by atoms with E-state index < -0.39 is 23.7 Å². The van der Waals surface area contributed by atoms with Gasteiger partial charge < -0.3 is 0 Å². The van der Waals surface area contributed by atoms with Gasteiger partial charge in [-0.3, -0.25) is 29.0 Å². The average molecular weight is 684 g/mol. The molecule has 0 aromatic heterocycles. The van der Waals surface area contributed by atoms with Crippen LogP contribution in [-0.2, 0) is 19.2 Å². The molecule has 4 aliphatic carbocycles. The summed E-state index contributed by atoms with van der Waals surface area (Å²) in [5.41, 5.74) is 4.17. The van der Waals surface area contributed by atoms with Crippen molar-refractivity contribution < 1.29 is 19.2 Å². The zero-order valence-electron chi connectivity index (χ0n) is 22.2. The molecule has 6 aliphatic rings. The summed E-state index contributed by atoms with van der Waals surface area (Å²) in [6.07, 6.45) is 4.54. The molecule has 2 saturated heterocycles. The number of anilines is 2. The van der Waals surface area contributed by atoms with Crippen molar-refractivity contribution in [2.45, 2.75) is 6.42 Å². The van der Waals surface area contributed by atoms with Crippen LogP contribution < -0.4 is 9.80 Å². The molecule has 42 heavy (non-hydrogen) atoms. The Labute approximate surface area is 259 Å². The first-order valence-electron chi connectivity index (χ1n) is 14.1. The molecule has 9 rings (SSSR count). The number of hydrogen-bond donors (Lipinski definition) is 0. The van der Waals surface area contributed by atoms with Gasteiger partial charge in [0.15, 0.2) is 0 Å². The Hall–Kier alpha value is -3.62. The molecular weight excluding hydrogens is 660 g/mol. The predicted molar refractivity (Wildman–Crippen MR) is 165 cm³/mol. The summed E-state index contributed by atoms with van der Waals surface area (Å²) in [7, 11) is 0.